The lowest BCUT2D eigenvalue weighted by molar-refractivity contribution is 0.112. The molecule has 0 aliphatic heterocycles. The molecule has 3 aromatic rings. The van der Waals surface area contributed by atoms with Crippen LogP contribution in [-0.4, -0.2) is 28.8 Å². The van der Waals surface area contributed by atoms with Gasteiger partial charge in [0.25, 0.3) is 5.22 Å². The second kappa shape index (κ2) is 8.31. The number of aldehydes is 1. The molecule has 0 amide bonds. The minimum absolute atomic E-state index is 0.450. The maximum Gasteiger partial charge on any atom is 0.276 e. The number of hydrogen-bond donors (Lipinski definition) is 0. The van der Waals surface area contributed by atoms with Crippen LogP contribution >= 0.6 is 11.8 Å². The van der Waals surface area contributed by atoms with E-state index in [0.29, 0.717) is 41.2 Å². The Kier molecular flexibility index (Phi) is 5.63. The number of thioether (sulfide) groups is 1. The van der Waals surface area contributed by atoms with Gasteiger partial charge in [-0.05, 0) is 17.7 Å². The predicted octanol–water partition coefficient (Wildman–Crippen LogP) is 3.64. The monoisotopic (exact) mass is 340 g/mol. The molecule has 122 valence electrons. The van der Waals surface area contributed by atoms with E-state index in [0.717, 1.165) is 11.8 Å². The third kappa shape index (κ3) is 4.45. The van der Waals surface area contributed by atoms with Crippen LogP contribution in [0.5, 0.6) is 5.75 Å². The Morgan fingerprint density at radius 1 is 1.04 bits per heavy atom. The highest BCUT2D eigenvalue weighted by Crippen LogP contribution is 2.19. The van der Waals surface area contributed by atoms with Crippen LogP contribution in [0, 0.1) is 0 Å². The molecule has 0 fully saturated rings. The maximum atomic E-state index is 10.9. The molecule has 0 bridgehead atoms. The van der Waals surface area contributed by atoms with Crippen molar-refractivity contribution in [3.05, 3.63) is 71.6 Å². The summed E-state index contributed by atoms with van der Waals surface area (Å²) in [6.45, 7) is 0.450. The number of para-hydroxylation sites is 1. The number of benzene rings is 2. The summed E-state index contributed by atoms with van der Waals surface area (Å²) in [6, 6.07) is 17.1. The van der Waals surface area contributed by atoms with E-state index >= 15 is 0 Å². The summed E-state index contributed by atoms with van der Waals surface area (Å²) in [4.78, 5) is 10.9. The van der Waals surface area contributed by atoms with Gasteiger partial charge in [0.1, 0.15) is 5.75 Å². The van der Waals surface area contributed by atoms with Crippen LogP contribution in [0.2, 0.25) is 0 Å². The fraction of sp³-hybridized carbons (Fsp3) is 0.167. The topological polar surface area (TPSA) is 65.2 Å². The van der Waals surface area contributed by atoms with Crippen LogP contribution in [-0.2, 0) is 6.42 Å². The third-order valence-electron chi connectivity index (χ3n) is 3.26. The summed E-state index contributed by atoms with van der Waals surface area (Å²) in [5.74, 6) is 1.83. The van der Waals surface area contributed by atoms with E-state index in [-0.39, 0.29) is 0 Å². The highest BCUT2D eigenvalue weighted by atomic mass is 32.2. The molecular weight excluding hydrogens is 324 g/mol. The number of carbonyl (C=O) groups is 1. The Hall–Kier alpha value is -2.60. The first-order valence-corrected chi connectivity index (χ1v) is 8.50. The van der Waals surface area contributed by atoms with Crippen molar-refractivity contribution in [2.75, 3.05) is 12.4 Å². The van der Waals surface area contributed by atoms with Crippen molar-refractivity contribution in [3.8, 4) is 5.75 Å². The molecule has 0 atom stereocenters. The number of aromatic nitrogens is 2. The lowest BCUT2D eigenvalue weighted by Gasteiger charge is -2.06. The van der Waals surface area contributed by atoms with E-state index in [4.69, 9.17) is 9.15 Å². The number of nitrogens with zero attached hydrogens (tertiary/aromatic N) is 2. The molecule has 24 heavy (non-hydrogen) atoms. The Bertz CT molecular complexity index is 790. The molecule has 0 saturated heterocycles. The van der Waals surface area contributed by atoms with Gasteiger partial charge >= 0.3 is 0 Å². The van der Waals surface area contributed by atoms with Gasteiger partial charge < -0.3 is 9.15 Å². The van der Waals surface area contributed by atoms with Gasteiger partial charge in [0.2, 0.25) is 5.89 Å². The SMILES string of the molecule is O=Cc1ccccc1OCCSc1nnc(Cc2ccccc2)o1. The summed E-state index contributed by atoms with van der Waals surface area (Å²) in [7, 11) is 0. The van der Waals surface area contributed by atoms with E-state index < -0.39 is 0 Å². The molecule has 0 N–H and O–H groups in total. The summed E-state index contributed by atoms with van der Waals surface area (Å²) in [6.07, 6.45) is 1.41. The van der Waals surface area contributed by atoms with Crippen molar-refractivity contribution >= 4 is 18.0 Å². The molecular formula is C18H16N2O3S. The van der Waals surface area contributed by atoms with E-state index in [1.165, 1.54) is 11.8 Å². The molecule has 1 aromatic heterocycles. The van der Waals surface area contributed by atoms with E-state index in [1.54, 1.807) is 18.2 Å². The maximum absolute atomic E-state index is 10.9. The van der Waals surface area contributed by atoms with Gasteiger partial charge in [0.05, 0.1) is 18.6 Å². The minimum atomic E-state index is 0.450. The number of hydrogen-bond acceptors (Lipinski definition) is 6. The van der Waals surface area contributed by atoms with Crippen LogP contribution in [0.1, 0.15) is 21.8 Å². The summed E-state index contributed by atoms with van der Waals surface area (Å²) >= 11 is 1.43. The molecule has 0 aliphatic rings. The first-order chi connectivity index (χ1) is 11.8. The molecule has 2 aromatic carbocycles. The molecule has 0 saturated carbocycles. The van der Waals surface area contributed by atoms with Gasteiger partial charge in [-0.15, -0.1) is 10.2 Å². The Balaban J connectivity index is 1.46. The predicted molar refractivity (Wildman–Crippen MR) is 91.6 cm³/mol. The second-order valence-electron chi connectivity index (χ2n) is 4.98. The first kappa shape index (κ1) is 16.3. The normalized spacial score (nSPS) is 10.5. The zero-order chi connectivity index (χ0) is 16.6. The van der Waals surface area contributed by atoms with Crippen LogP contribution < -0.4 is 4.74 Å². The molecule has 0 aliphatic carbocycles. The average Bonchev–Trinajstić information content (AvgIpc) is 3.07. The highest BCUT2D eigenvalue weighted by molar-refractivity contribution is 7.99. The van der Waals surface area contributed by atoms with Crippen LogP contribution in [0.3, 0.4) is 0 Å². The van der Waals surface area contributed by atoms with Crippen LogP contribution in [0.25, 0.3) is 0 Å². The Labute approximate surface area is 144 Å². The van der Waals surface area contributed by atoms with Gasteiger partial charge in [-0.25, -0.2) is 0 Å². The van der Waals surface area contributed by atoms with Gasteiger partial charge in [0, 0.05) is 5.75 Å². The standard InChI is InChI=1S/C18H16N2O3S/c21-13-15-8-4-5-9-16(15)22-10-11-24-18-20-19-17(23-18)12-14-6-2-1-3-7-14/h1-9,13H,10-12H2. The van der Waals surface area contributed by atoms with Crippen molar-refractivity contribution < 1.29 is 13.9 Å². The average molecular weight is 340 g/mol. The quantitative estimate of drug-likeness (QED) is 0.354. The van der Waals surface area contributed by atoms with Crippen molar-refractivity contribution in [2.24, 2.45) is 0 Å². The van der Waals surface area contributed by atoms with Gasteiger partial charge in [-0.2, -0.15) is 0 Å². The second-order valence-corrected chi connectivity index (χ2v) is 6.02. The van der Waals surface area contributed by atoms with Gasteiger partial charge in [-0.3, -0.25) is 4.79 Å². The van der Waals surface area contributed by atoms with Crippen molar-refractivity contribution in [1.82, 2.24) is 10.2 Å². The molecule has 5 nitrogen and oxygen atoms in total. The largest absolute Gasteiger partial charge is 0.492 e. The zero-order valence-electron chi connectivity index (χ0n) is 12.9. The Morgan fingerprint density at radius 2 is 1.83 bits per heavy atom. The lowest BCUT2D eigenvalue weighted by atomic mass is 10.2. The van der Waals surface area contributed by atoms with Gasteiger partial charge in [-0.1, -0.05) is 54.2 Å². The van der Waals surface area contributed by atoms with Crippen LogP contribution in [0.15, 0.2) is 64.2 Å². The van der Waals surface area contributed by atoms with Gasteiger partial charge in [0.15, 0.2) is 6.29 Å². The fourth-order valence-corrected chi connectivity index (χ4v) is 2.72. The number of carbonyl (C=O) groups excluding carboxylic acids is 1. The smallest absolute Gasteiger partial charge is 0.276 e. The van der Waals surface area contributed by atoms with E-state index in [1.807, 2.05) is 36.4 Å². The molecule has 0 unspecified atom stereocenters. The fourth-order valence-electron chi connectivity index (χ4n) is 2.13. The zero-order valence-corrected chi connectivity index (χ0v) is 13.7. The van der Waals surface area contributed by atoms with Crippen LogP contribution in [0.4, 0.5) is 0 Å². The van der Waals surface area contributed by atoms with Crippen molar-refractivity contribution in [3.63, 3.8) is 0 Å². The van der Waals surface area contributed by atoms with E-state index in [9.17, 15) is 4.79 Å². The van der Waals surface area contributed by atoms with Crippen molar-refractivity contribution in [2.45, 2.75) is 11.6 Å². The summed E-state index contributed by atoms with van der Waals surface area (Å²) in [5, 5.41) is 8.60. The lowest BCUT2D eigenvalue weighted by Crippen LogP contribution is -2.02. The summed E-state index contributed by atoms with van der Waals surface area (Å²) < 4.78 is 11.2. The number of ether oxygens (including phenoxy) is 1. The third-order valence-corrected chi connectivity index (χ3v) is 4.04. The molecule has 0 spiro atoms. The molecule has 0 radical (unpaired) electrons. The van der Waals surface area contributed by atoms with E-state index in [2.05, 4.69) is 10.2 Å². The minimum Gasteiger partial charge on any atom is -0.492 e. The first-order valence-electron chi connectivity index (χ1n) is 7.51. The molecule has 6 heteroatoms. The molecule has 3 rings (SSSR count). The summed E-state index contributed by atoms with van der Waals surface area (Å²) in [5.41, 5.74) is 1.68. The number of rotatable bonds is 8. The molecule has 1 heterocycles. The Morgan fingerprint density at radius 3 is 2.67 bits per heavy atom. The van der Waals surface area contributed by atoms with Crippen molar-refractivity contribution in [1.29, 1.82) is 0 Å². The highest BCUT2D eigenvalue weighted by Gasteiger charge is 2.08.